The molecular weight excluding hydrogens is 441 g/mol. The van der Waals surface area contributed by atoms with Crippen molar-refractivity contribution >= 4 is 44.5 Å². The van der Waals surface area contributed by atoms with Crippen molar-refractivity contribution in [1.82, 2.24) is 15.4 Å². The summed E-state index contributed by atoms with van der Waals surface area (Å²) in [6.45, 7) is 2.03. The lowest BCUT2D eigenvalue weighted by Gasteiger charge is -2.08. The summed E-state index contributed by atoms with van der Waals surface area (Å²) in [4.78, 5) is 11.8. The Bertz CT molecular complexity index is 645. The van der Waals surface area contributed by atoms with Gasteiger partial charge in [-0.2, -0.15) is 10.3 Å². The highest BCUT2D eigenvalue weighted by Crippen LogP contribution is 2.35. The van der Waals surface area contributed by atoms with Gasteiger partial charge in [-0.15, -0.1) is 5.10 Å². The molecule has 0 fully saturated rings. The molecule has 0 saturated carbocycles. The van der Waals surface area contributed by atoms with E-state index in [-0.39, 0.29) is 12.3 Å². The van der Waals surface area contributed by atoms with Crippen LogP contribution in [0.5, 0.6) is 5.75 Å². The maximum absolute atomic E-state index is 11.8. The van der Waals surface area contributed by atoms with E-state index in [2.05, 4.69) is 53.9 Å². The van der Waals surface area contributed by atoms with Gasteiger partial charge in [-0.25, -0.2) is 4.79 Å². The molecule has 8 heteroatoms. The topological polar surface area (TPSA) is 77.1 Å². The largest absolute Gasteiger partial charge is 0.496 e. The first kappa shape index (κ1) is 15.2. The van der Waals surface area contributed by atoms with E-state index in [1.807, 2.05) is 12.1 Å². The van der Waals surface area contributed by atoms with Gasteiger partial charge in [0.05, 0.1) is 18.2 Å². The SMILES string of the molecule is CCOC(=O)c1n[nH]nc1-c1cc(Br)c(OC)cc1I. The first-order valence-corrected chi connectivity index (χ1v) is 7.57. The molecule has 0 aliphatic heterocycles. The number of hydrogen-bond donors (Lipinski definition) is 1. The van der Waals surface area contributed by atoms with Gasteiger partial charge in [0.2, 0.25) is 0 Å². The summed E-state index contributed by atoms with van der Waals surface area (Å²) < 4.78 is 11.9. The number of ether oxygens (including phenoxy) is 2. The highest BCUT2D eigenvalue weighted by Gasteiger charge is 2.21. The molecule has 0 saturated heterocycles. The first-order chi connectivity index (χ1) is 9.58. The van der Waals surface area contributed by atoms with Crippen LogP contribution in [0, 0.1) is 3.57 Å². The van der Waals surface area contributed by atoms with Crippen molar-refractivity contribution in [1.29, 1.82) is 0 Å². The maximum atomic E-state index is 11.8. The number of rotatable bonds is 4. The van der Waals surface area contributed by atoms with E-state index >= 15 is 0 Å². The van der Waals surface area contributed by atoms with Crippen molar-refractivity contribution in [3.63, 3.8) is 0 Å². The Morgan fingerprint density at radius 2 is 2.20 bits per heavy atom. The van der Waals surface area contributed by atoms with E-state index in [0.717, 1.165) is 13.6 Å². The molecule has 1 aromatic heterocycles. The predicted octanol–water partition coefficient (Wildman–Crippen LogP) is 3.02. The van der Waals surface area contributed by atoms with E-state index in [4.69, 9.17) is 9.47 Å². The molecule has 0 bridgehead atoms. The fourth-order valence-corrected chi connectivity index (χ4v) is 2.83. The summed E-state index contributed by atoms with van der Waals surface area (Å²) in [6.07, 6.45) is 0. The molecule has 106 valence electrons. The Balaban J connectivity index is 2.50. The van der Waals surface area contributed by atoms with E-state index in [1.54, 1.807) is 14.0 Å². The fraction of sp³-hybridized carbons (Fsp3) is 0.250. The third-order valence-electron chi connectivity index (χ3n) is 2.51. The van der Waals surface area contributed by atoms with Crippen molar-refractivity contribution in [2.24, 2.45) is 0 Å². The number of nitrogens with one attached hydrogen (secondary N) is 1. The van der Waals surface area contributed by atoms with E-state index in [9.17, 15) is 4.79 Å². The molecule has 6 nitrogen and oxygen atoms in total. The van der Waals surface area contributed by atoms with Gasteiger partial charge >= 0.3 is 5.97 Å². The fourth-order valence-electron chi connectivity index (χ4n) is 1.63. The summed E-state index contributed by atoms with van der Waals surface area (Å²) in [6, 6.07) is 3.69. The zero-order chi connectivity index (χ0) is 14.7. The number of carbonyl (C=O) groups excluding carboxylic acids is 1. The zero-order valence-electron chi connectivity index (χ0n) is 10.7. The zero-order valence-corrected chi connectivity index (χ0v) is 14.5. The highest BCUT2D eigenvalue weighted by atomic mass is 127. The molecule has 0 aliphatic rings. The molecule has 0 spiro atoms. The third-order valence-corrected chi connectivity index (χ3v) is 4.03. The van der Waals surface area contributed by atoms with Gasteiger partial charge in [-0.05, 0) is 57.6 Å². The van der Waals surface area contributed by atoms with Gasteiger partial charge < -0.3 is 9.47 Å². The number of aromatic nitrogens is 3. The van der Waals surface area contributed by atoms with Crippen molar-refractivity contribution in [2.75, 3.05) is 13.7 Å². The second-order valence-electron chi connectivity index (χ2n) is 3.71. The van der Waals surface area contributed by atoms with Crippen LogP contribution in [0.2, 0.25) is 0 Å². The summed E-state index contributed by atoms with van der Waals surface area (Å²) in [5.41, 5.74) is 1.40. The van der Waals surface area contributed by atoms with Crippen LogP contribution in [0.1, 0.15) is 17.4 Å². The number of hydrogen-bond acceptors (Lipinski definition) is 5. The monoisotopic (exact) mass is 451 g/mol. The molecule has 20 heavy (non-hydrogen) atoms. The van der Waals surface area contributed by atoms with E-state index in [1.165, 1.54) is 0 Å². The van der Waals surface area contributed by atoms with Crippen molar-refractivity contribution in [3.8, 4) is 17.0 Å². The van der Waals surface area contributed by atoms with Crippen LogP contribution in [-0.4, -0.2) is 35.1 Å². The second kappa shape index (κ2) is 6.53. The Kier molecular flexibility index (Phi) is 4.97. The number of H-pyrrole nitrogens is 1. The Hall–Kier alpha value is -1.16. The number of benzene rings is 1. The number of carbonyl (C=O) groups is 1. The number of aromatic amines is 1. The summed E-state index contributed by atoms with van der Waals surface area (Å²) in [5, 5.41) is 10.4. The quantitative estimate of drug-likeness (QED) is 0.571. The lowest BCUT2D eigenvalue weighted by atomic mass is 10.1. The lowest BCUT2D eigenvalue weighted by molar-refractivity contribution is 0.0520. The second-order valence-corrected chi connectivity index (χ2v) is 5.72. The Morgan fingerprint density at radius 1 is 1.45 bits per heavy atom. The average Bonchev–Trinajstić information content (AvgIpc) is 2.90. The minimum absolute atomic E-state index is 0.168. The van der Waals surface area contributed by atoms with Crippen molar-refractivity contribution in [3.05, 3.63) is 25.9 Å². The number of halogens is 2. The molecule has 0 aliphatic carbocycles. The highest BCUT2D eigenvalue weighted by molar-refractivity contribution is 14.1. The van der Waals surface area contributed by atoms with Crippen LogP contribution in [0.4, 0.5) is 0 Å². The smallest absolute Gasteiger partial charge is 0.361 e. The normalized spacial score (nSPS) is 10.4. The molecule has 1 aromatic carbocycles. The van der Waals surface area contributed by atoms with E-state index < -0.39 is 5.97 Å². The average molecular weight is 452 g/mol. The van der Waals surface area contributed by atoms with Crippen LogP contribution >= 0.6 is 38.5 Å². The first-order valence-electron chi connectivity index (χ1n) is 5.69. The van der Waals surface area contributed by atoms with Gasteiger partial charge in [0.15, 0.2) is 5.69 Å². The maximum Gasteiger partial charge on any atom is 0.361 e. The van der Waals surface area contributed by atoms with E-state index in [0.29, 0.717) is 11.4 Å². The molecular formula is C12H11BrIN3O3. The van der Waals surface area contributed by atoms with Gasteiger partial charge in [0.25, 0.3) is 0 Å². The Morgan fingerprint density at radius 3 is 2.85 bits per heavy atom. The van der Waals surface area contributed by atoms with Crippen LogP contribution < -0.4 is 4.74 Å². The van der Waals surface area contributed by atoms with Gasteiger partial charge in [-0.3, -0.25) is 0 Å². The summed E-state index contributed by atoms with van der Waals surface area (Å²) in [7, 11) is 1.59. The third kappa shape index (κ3) is 2.95. The van der Waals surface area contributed by atoms with Crippen LogP contribution in [0.25, 0.3) is 11.3 Å². The lowest BCUT2D eigenvalue weighted by Crippen LogP contribution is -2.07. The standard InChI is InChI=1S/C12H11BrIN3O3/c1-3-20-12(18)11-10(15-17-16-11)6-4-7(13)9(19-2)5-8(6)14/h4-5H,3H2,1-2H3,(H,15,16,17). The Labute approximate surface area is 137 Å². The molecule has 1 N–H and O–H groups in total. The van der Waals surface area contributed by atoms with Crippen molar-refractivity contribution in [2.45, 2.75) is 6.92 Å². The molecule has 1 heterocycles. The molecule has 0 amide bonds. The minimum atomic E-state index is -0.501. The van der Waals surface area contributed by atoms with Crippen LogP contribution in [0.15, 0.2) is 16.6 Å². The van der Waals surface area contributed by atoms with Gasteiger partial charge in [-0.1, -0.05) is 0 Å². The molecule has 2 rings (SSSR count). The van der Waals surface area contributed by atoms with Gasteiger partial charge in [0, 0.05) is 9.13 Å². The molecule has 2 aromatic rings. The number of esters is 1. The number of methoxy groups -OCH3 is 1. The molecule has 0 radical (unpaired) electrons. The predicted molar refractivity (Wildman–Crippen MR) is 84.7 cm³/mol. The molecule has 0 unspecified atom stereocenters. The number of nitrogens with zero attached hydrogens (tertiary/aromatic N) is 2. The van der Waals surface area contributed by atoms with Gasteiger partial charge in [0.1, 0.15) is 11.4 Å². The van der Waals surface area contributed by atoms with Crippen LogP contribution in [-0.2, 0) is 4.74 Å². The van der Waals surface area contributed by atoms with Crippen molar-refractivity contribution < 1.29 is 14.3 Å². The minimum Gasteiger partial charge on any atom is -0.496 e. The summed E-state index contributed by atoms with van der Waals surface area (Å²) >= 11 is 5.57. The summed E-state index contributed by atoms with van der Waals surface area (Å²) in [5.74, 6) is 0.207. The molecule has 0 atom stereocenters. The van der Waals surface area contributed by atoms with Crippen LogP contribution in [0.3, 0.4) is 0 Å².